The number of benzene rings is 2. The molecular formula is C25H29F3N2O4S. The van der Waals surface area contributed by atoms with Gasteiger partial charge in [0.1, 0.15) is 11.0 Å². The van der Waals surface area contributed by atoms with E-state index < -0.39 is 17.6 Å². The number of hydrogen-bond acceptors (Lipinski definition) is 4. The first kappa shape index (κ1) is 26.7. The maximum Gasteiger partial charge on any atom is 0.573 e. The van der Waals surface area contributed by atoms with Crippen molar-refractivity contribution >= 4 is 29.4 Å². The van der Waals surface area contributed by atoms with Gasteiger partial charge in [-0.25, -0.2) is 4.79 Å². The summed E-state index contributed by atoms with van der Waals surface area (Å²) in [6.45, 7) is 4.27. The fourth-order valence-corrected chi connectivity index (χ4v) is 4.89. The normalized spacial score (nSPS) is 16.2. The van der Waals surface area contributed by atoms with Gasteiger partial charge in [0.2, 0.25) is 0 Å². The van der Waals surface area contributed by atoms with Crippen molar-refractivity contribution in [2.24, 2.45) is 0 Å². The van der Waals surface area contributed by atoms with Gasteiger partial charge >= 0.3 is 18.4 Å². The number of halogens is 3. The van der Waals surface area contributed by atoms with E-state index in [-0.39, 0.29) is 17.8 Å². The molecule has 3 rings (SSSR count). The number of rotatable bonds is 9. The molecule has 2 aromatic rings. The number of carboxylic acid groups (broad SMARTS) is 1. The number of amides is 2. The molecule has 2 N–H and O–H groups in total. The van der Waals surface area contributed by atoms with Gasteiger partial charge in [-0.1, -0.05) is 19.4 Å². The summed E-state index contributed by atoms with van der Waals surface area (Å²) in [6, 6.07) is 10.7. The summed E-state index contributed by atoms with van der Waals surface area (Å²) in [4.78, 5) is 27.0. The van der Waals surface area contributed by atoms with Crippen LogP contribution in [0.15, 0.2) is 47.4 Å². The Morgan fingerprint density at radius 3 is 2.54 bits per heavy atom. The van der Waals surface area contributed by atoms with Gasteiger partial charge < -0.3 is 20.1 Å². The number of alkyl halides is 3. The molecule has 2 atom stereocenters. The van der Waals surface area contributed by atoms with Crippen molar-refractivity contribution in [3.05, 3.63) is 53.6 Å². The van der Waals surface area contributed by atoms with Crippen LogP contribution < -0.4 is 10.1 Å². The molecule has 6 nitrogen and oxygen atoms in total. The van der Waals surface area contributed by atoms with Gasteiger partial charge in [0, 0.05) is 23.2 Å². The first-order valence-electron chi connectivity index (χ1n) is 11.5. The molecule has 0 saturated heterocycles. The van der Waals surface area contributed by atoms with Gasteiger partial charge in [-0.2, -0.15) is 0 Å². The Bertz CT molecular complexity index is 1030. The Morgan fingerprint density at radius 2 is 1.91 bits per heavy atom. The first-order valence-corrected chi connectivity index (χ1v) is 12.4. The molecule has 2 amide bonds. The van der Waals surface area contributed by atoms with Crippen molar-refractivity contribution in [1.29, 1.82) is 0 Å². The van der Waals surface area contributed by atoms with Crippen molar-refractivity contribution in [2.45, 2.75) is 68.5 Å². The van der Waals surface area contributed by atoms with E-state index >= 15 is 0 Å². The van der Waals surface area contributed by atoms with Crippen LogP contribution in [-0.4, -0.2) is 46.2 Å². The Kier molecular flexibility index (Phi) is 8.93. The number of unbranched alkanes of at least 4 members (excludes halogenated alkanes) is 1. The predicted molar refractivity (Wildman–Crippen MR) is 129 cm³/mol. The van der Waals surface area contributed by atoms with Crippen molar-refractivity contribution in [3.63, 3.8) is 0 Å². The first-order chi connectivity index (χ1) is 16.6. The van der Waals surface area contributed by atoms with E-state index in [0.717, 1.165) is 48.3 Å². The largest absolute Gasteiger partial charge is 0.573 e. The van der Waals surface area contributed by atoms with Crippen LogP contribution in [0.2, 0.25) is 0 Å². The van der Waals surface area contributed by atoms with Crippen molar-refractivity contribution in [2.75, 3.05) is 11.9 Å². The Morgan fingerprint density at radius 1 is 1.20 bits per heavy atom. The minimum Gasteiger partial charge on any atom is -0.480 e. The Balaban J connectivity index is 1.68. The zero-order valence-corrected chi connectivity index (χ0v) is 20.4. The number of ether oxygens (including phenoxy) is 1. The van der Waals surface area contributed by atoms with Crippen LogP contribution in [0, 0.1) is 0 Å². The summed E-state index contributed by atoms with van der Waals surface area (Å²) in [5.74, 6) is -1.20. The fourth-order valence-electron chi connectivity index (χ4n) is 4.02. The third-order valence-electron chi connectivity index (χ3n) is 5.83. The topological polar surface area (TPSA) is 78.9 Å². The second kappa shape index (κ2) is 11.7. The lowest BCUT2D eigenvalue weighted by atomic mass is 9.87. The van der Waals surface area contributed by atoms with Crippen molar-refractivity contribution < 1.29 is 32.6 Å². The summed E-state index contributed by atoms with van der Waals surface area (Å²) in [6.07, 6.45) is -0.797. The van der Waals surface area contributed by atoms with Crippen LogP contribution in [0.3, 0.4) is 0 Å². The molecule has 0 spiro atoms. The fraction of sp³-hybridized carbons (Fsp3) is 0.440. The molecule has 0 aromatic heterocycles. The lowest BCUT2D eigenvalue weighted by Crippen LogP contribution is -2.46. The van der Waals surface area contributed by atoms with Crippen LogP contribution in [0.5, 0.6) is 5.75 Å². The molecule has 0 fully saturated rings. The Hall–Kier alpha value is -2.88. The molecule has 0 aliphatic heterocycles. The van der Waals surface area contributed by atoms with E-state index in [9.17, 15) is 22.8 Å². The summed E-state index contributed by atoms with van der Waals surface area (Å²) in [5, 5.41) is 11.4. The minimum atomic E-state index is -4.77. The number of carboxylic acids is 1. The summed E-state index contributed by atoms with van der Waals surface area (Å²) in [7, 11) is 0. The highest BCUT2D eigenvalue weighted by Crippen LogP contribution is 2.31. The van der Waals surface area contributed by atoms with Crippen LogP contribution in [0.25, 0.3) is 0 Å². The van der Waals surface area contributed by atoms with Crippen LogP contribution in [-0.2, 0) is 17.6 Å². The molecule has 10 heteroatoms. The molecule has 2 unspecified atom stereocenters. The van der Waals surface area contributed by atoms with Crippen LogP contribution in [0.4, 0.5) is 23.7 Å². The number of carbonyl (C=O) groups excluding carboxylic acids is 1. The number of fused-ring (bicyclic) bond motifs is 1. The second-order valence-electron chi connectivity index (χ2n) is 8.47. The average Bonchev–Trinajstić information content (AvgIpc) is 2.79. The van der Waals surface area contributed by atoms with E-state index in [1.807, 2.05) is 30.0 Å². The highest BCUT2D eigenvalue weighted by molar-refractivity contribution is 8.00. The predicted octanol–water partition coefficient (Wildman–Crippen LogP) is 6.34. The minimum absolute atomic E-state index is 0.0154. The number of hydrogen-bond donors (Lipinski definition) is 2. The van der Waals surface area contributed by atoms with Gasteiger partial charge in [0.15, 0.2) is 0 Å². The quantitative estimate of drug-likeness (QED) is 0.385. The molecule has 0 saturated carbocycles. The monoisotopic (exact) mass is 510 g/mol. The third-order valence-corrected chi connectivity index (χ3v) is 6.92. The lowest BCUT2D eigenvalue weighted by molar-refractivity contribution is -0.274. The summed E-state index contributed by atoms with van der Waals surface area (Å²) < 4.78 is 41.0. The van der Waals surface area contributed by atoms with Crippen LogP contribution >= 0.6 is 11.8 Å². The number of thioether (sulfide) groups is 1. The zero-order valence-electron chi connectivity index (χ0n) is 19.6. The molecule has 1 aliphatic carbocycles. The molecule has 0 bridgehead atoms. The van der Waals surface area contributed by atoms with Gasteiger partial charge in [-0.3, -0.25) is 4.79 Å². The average molecular weight is 511 g/mol. The zero-order chi connectivity index (χ0) is 25.6. The smallest absolute Gasteiger partial charge is 0.480 e. The number of aryl methyl sites for hydroxylation is 1. The van der Waals surface area contributed by atoms with Crippen molar-refractivity contribution in [1.82, 2.24) is 4.90 Å². The van der Waals surface area contributed by atoms with E-state index in [4.69, 9.17) is 5.11 Å². The van der Waals surface area contributed by atoms with Gasteiger partial charge in [-0.05, 0) is 80.1 Å². The van der Waals surface area contributed by atoms with E-state index in [1.165, 1.54) is 29.5 Å². The molecule has 1 aliphatic rings. The van der Waals surface area contributed by atoms with Gasteiger partial charge in [0.25, 0.3) is 0 Å². The third kappa shape index (κ3) is 7.81. The molecule has 35 heavy (non-hydrogen) atoms. The number of nitrogens with one attached hydrogen (secondary N) is 1. The number of aliphatic carboxylic acids is 1. The SMILES string of the molecule is CCCCN(C(=O)Nc1ccc(OC(F)(F)F)cc1)C1CCc2cc(SC(C)C(=O)O)ccc2C1. The number of anilines is 1. The maximum absolute atomic E-state index is 13.1. The van der Waals surface area contributed by atoms with E-state index in [0.29, 0.717) is 18.7 Å². The maximum atomic E-state index is 13.1. The van der Waals surface area contributed by atoms with E-state index in [1.54, 1.807) is 6.92 Å². The number of urea groups is 1. The summed E-state index contributed by atoms with van der Waals surface area (Å²) in [5.41, 5.74) is 2.69. The molecule has 190 valence electrons. The number of carbonyl (C=O) groups is 2. The van der Waals surface area contributed by atoms with Crippen molar-refractivity contribution in [3.8, 4) is 5.75 Å². The van der Waals surface area contributed by atoms with Crippen LogP contribution in [0.1, 0.15) is 44.2 Å². The number of nitrogens with zero attached hydrogens (tertiary/aromatic N) is 1. The molecule has 2 aromatic carbocycles. The molecule has 0 heterocycles. The molecule has 0 radical (unpaired) electrons. The van der Waals surface area contributed by atoms with E-state index in [2.05, 4.69) is 10.1 Å². The van der Waals surface area contributed by atoms with Gasteiger partial charge in [0.05, 0.1) is 0 Å². The molecular weight excluding hydrogens is 481 g/mol. The lowest BCUT2D eigenvalue weighted by Gasteiger charge is -2.35. The Labute approximate surface area is 206 Å². The standard InChI is InChI=1S/C25H29F3N2O4S/c1-3-4-13-30(24(33)29-19-7-10-21(11-8-19)34-25(26,27)28)20-9-5-18-15-22(12-6-17(18)14-20)35-16(2)23(31)32/h6-8,10-12,15-16,20H,3-5,9,13-14H2,1-2H3,(H,29,33)(H,31,32). The van der Waals surface area contributed by atoms with Gasteiger partial charge in [-0.15, -0.1) is 24.9 Å². The second-order valence-corrected chi connectivity index (χ2v) is 9.89. The summed E-state index contributed by atoms with van der Waals surface area (Å²) >= 11 is 1.31. The highest BCUT2D eigenvalue weighted by atomic mass is 32.2. The highest BCUT2D eigenvalue weighted by Gasteiger charge is 2.31.